The summed E-state index contributed by atoms with van der Waals surface area (Å²) in [5.74, 6) is -0.912. The summed E-state index contributed by atoms with van der Waals surface area (Å²) in [6.45, 7) is 3.29. The average Bonchev–Trinajstić information content (AvgIpc) is 2.52. The zero-order chi connectivity index (χ0) is 17.1. The minimum absolute atomic E-state index is 0.0253. The number of benzene rings is 1. The number of aromatic nitrogens is 2. The minimum atomic E-state index is -0.515. The first-order valence-electron chi connectivity index (χ1n) is 6.96. The minimum Gasteiger partial charge on any atom is -0.805 e. The van der Waals surface area contributed by atoms with Crippen molar-refractivity contribution in [3.05, 3.63) is 45.3 Å². The lowest BCUT2D eigenvalue weighted by atomic mass is 10.1. The van der Waals surface area contributed by atoms with Crippen LogP contribution in [0.4, 0.5) is 0 Å². The third-order valence-electron chi connectivity index (χ3n) is 3.45. The Bertz CT molecular complexity index is 841. The molecule has 1 amide bonds. The second-order valence-electron chi connectivity index (χ2n) is 5.03. The van der Waals surface area contributed by atoms with Crippen molar-refractivity contribution < 1.29 is 18.8 Å². The number of fused-ring (bicyclic) bond motifs is 1. The van der Waals surface area contributed by atoms with Crippen molar-refractivity contribution in [3.8, 4) is 0 Å². The summed E-state index contributed by atoms with van der Waals surface area (Å²) in [5.41, 5.74) is 0.0735. The Morgan fingerprint density at radius 2 is 2.09 bits per heavy atom. The van der Waals surface area contributed by atoms with Gasteiger partial charge in [0.1, 0.15) is 5.52 Å². The highest BCUT2D eigenvalue weighted by Crippen LogP contribution is 2.16. The van der Waals surface area contributed by atoms with Gasteiger partial charge in [0.15, 0.2) is 0 Å². The number of nitrogens with zero attached hydrogens (tertiary/aromatic N) is 2. The molecule has 0 unspecified atom stereocenters. The monoisotopic (exact) mass is 319 g/mol. The van der Waals surface area contributed by atoms with Gasteiger partial charge in [-0.05, 0) is 19.1 Å². The van der Waals surface area contributed by atoms with Crippen LogP contribution < -0.4 is 9.74 Å². The van der Waals surface area contributed by atoms with Crippen LogP contribution in [0.1, 0.15) is 33.5 Å². The van der Waals surface area contributed by atoms with Crippen LogP contribution in [0.2, 0.25) is 0 Å². The second kappa shape index (κ2) is 6.57. The van der Waals surface area contributed by atoms with E-state index in [0.29, 0.717) is 22.3 Å². The summed E-state index contributed by atoms with van der Waals surface area (Å²) in [6, 6.07) is 4.13. The van der Waals surface area contributed by atoms with Crippen molar-refractivity contribution in [3.63, 3.8) is 0 Å². The Morgan fingerprint density at radius 3 is 2.70 bits per heavy atom. The third kappa shape index (κ3) is 3.07. The Hall–Kier alpha value is -2.74. The lowest BCUT2D eigenvalue weighted by molar-refractivity contribution is -0.468. The van der Waals surface area contributed by atoms with Crippen molar-refractivity contribution in [1.29, 1.82) is 0 Å². The number of Topliss-reactive ketones (excluding diaryl/α,β-unsaturated/α-hetero) is 1. The predicted octanol–water partition coefficient (Wildman–Crippen LogP) is 0.789. The summed E-state index contributed by atoms with van der Waals surface area (Å²) in [4.78, 5) is 36.0. The molecular formula is C15H17N3O5. The fraction of sp³-hybridized carbons (Fsp3) is 0.333. The van der Waals surface area contributed by atoms with Gasteiger partial charge in [-0.1, -0.05) is 0 Å². The maximum atomic E-state index is 12.4. The zero-order valence-corrected chi connectivity index (χ0v) is 13.1. The van der Waals surface area contributed by atoms with Crippen molar-refractivity contribution in [1.82, 2.24) is 10.0 Å². The summed E-state index contributed by atoms with van der Waals surface area (Å²) >= 11 is 0. The van der Waals surface area contributed by atoms with Crippen LogP contribution in [-0.4, -0.2) is 36.7 Å². The van der Waals surface area contributed by atoms with Gasteiger partial charge in [-0.15, -0.1) is 0 Å². The highest BCUT2D eigenvalue weighted by atomic mass is 16.5. The first kappa shape index (κ1) is 16.6. The maximum Gasteiger partial charge on any atom is 0.324 e. The quantitative estimate of drug-likeness (QED) is 0.498. The van der Waals surface area contributed by atoms with Crippen molar-refractivity contribution in [2.24, 2.45) is 0 Å². The molecule has 0 atom stereocenters. The van der Waals surface area contributed by atoms with E-state index in [1.54, 1.807) is 0 Å². The Kier molecular flexibility index (Phi) is 4.75. The molecule has 1 N–H and O–H groups in total. The molecule has 0 fully saturated rings. The second-order valence-corrected chi connectivity index (χ2v) is 5.03. The molecule has 1 aromatic heterocycles. The molecule has 2 rings (SSSR count). The van der Waals surface area contributed by atoms with Gasteiger partial charge in [-0.25, -0.2) is 0 Å². The number of carbonyl (C=O) groups excluding carboxylic acids is 2. The smallest absolute Gasteiger partial charge is 0.324 e. The zero-order valence-electron chi connectivity index (χ0n) is 13.1. The number of nitrogens with one attached hydrogen (secondary N) is 1. The fourth-order valence-corrected chi connectivity index (χ4v) is 2.31. The molecule has 0 spiro atoms. The Labute approximate surface area is 131 Å². The number of carbonyl (C=O) groups is 2. The predicted molar refractivity (Wildman–Crippen MR) is 83.0 cm³/mol. The molecule has 0 aliphatic carbocycles. The summed E-state index contributed by atoms with van der Waals surface area (Å²) < 4.78 is 5.75. The highest BCUT2D eigenvalue weighted by molar-refractivity contribution is 5.97. The van der Waals surface area contributed by atoms with Gasteiger partial charge in [0, 0.05) is 37.1 Å². The molecule has 2 aromatic rings. The molecule has 0 radical (unpaired) electrons. The van der Waals surface area contributed by atoms with Crippen molar-refractivity contribution >= 4 is 22.7 Å². The molecule has 0 bridgehead atoms. The molecule has 0 saturated heterocycles. The van der Waals surface area contributed by atoms with E-state index in [9.17, 15) is 19.7 Å². The normalized spacial score (nSPS) is 10.7. The van der Waals surface area contributed by atoms with Crippen molar-refractivity contribution in [2.75, 3.05) is 20.3 Å². The maximum absolute atomic E-state index is 12.4. The van der Waals surface area contributed by atoms with Crippen LogP contribution in [0.3, 0.4) is 0 Å². The van der Waals surface area contributed by atoms with E-state index >= 15 is 0 Å². The van der Waals surface area contributed by atoms with Crippen LogP contribution in [-0.2, 0) is 4.74 Å². The topological polar surface area (TPSA) is 106 Å². The van der Waals surface area contributed by atoms with Crippen LogP contribution >= 0.6 is 0 Å². The van der Waals surface area contributed by atoms with Gasteiger partial charge in [-0.3, -0.25) is 9.59 Å². The van der Waals surface area contributed by atoms with Crippen LogP contribution in [0.15, 0.2) is 18.2 Å². The molecule has 0 aliphatic rings. The first-order chi connectivity index (χ1) is 10.9. The molecule has 1 aromatic carbocycles. The van der Waals surface area contributed by atoms with Gasteiger partial charge in [-0.2, -0.15) is 0 Å². The molecular weight excluding hydrogens is 302 g/mol. The first-order valence-corrected chi connectivity index (χ1v) is 6.96. The summed E-state index contributed by atoms with van der Waals surface area (Å²) in [5, 5.41) is 14.8. The highest BCUT2D eigenvalue weighted by Gasteiger charge is 2.24. The standard InChI is InChI=1S/C15H17N3O5/c1-9-14(10(2)19)18(22)13-8-11(4-5-12(13)17(9)21)15(20)16-6-7-23-3/h4-5,8H,6-7H2,1-3H3,(H,16,20). The Morgan fingerprint density at radius 1 is 1.39 bits per heavy atom. The number of amides is 1. The molecule has 122 valence electrons. The van der Waals surface area contributed by atoms with Gasteiger partial charge in [0.05, 0.1) is 16.7 Å². The van der Waals surface area contributed by atoms with E-state index in [1.807, 2.05) is 0 Å². The molecule has 8 nitrogen and oxygen atoms in total. The van der Waals surface area contributed by atoms with E-state index in [1.165, 1.54) is 39.2 Å². The van der Waals surface area contributed by atoms with Gasteiger partial charge < -0.3 is 20.0 Å². The van der Waals surface area contributed by atoms with Gasteiger partial charge in [0.2, 0.25) is 5.78 Å². The number of methoxy groups -OCH3 is 1. The summed E-state index contributed by atoms with van der Waals surface area (Å²) in [6.07, 6.45) is 0. The SMILES string of the molecule is COCCNC(=O)c1ccc2c(c1)[n+](=O)c(C(C)=O)c(C)n2[O-]. The van der Waals surface area contributed by atoms with E-state index in [4.69, 9.17) is 4.74 Å². The molecule has 8 heteroatoms. The van der Waals surface area contributed by atoms with E-state index in [-0.39, 0.29) is 28.0 Å². The number of ketones is 1. The summed E-state index contributed by atoms with van der Waals surface area (Å²) in [7, 11) is 1.52. The fourth-order valence-electron chi connectivity index (χ4n) is 2.31. The third-order valence-corrected chi connectivity index (χ3v) is 3.45. The number of rotatable bonds is 5. The van der Waals surface area contributed by atoms with Crippen molar-refractivity contribution in [2.45, 2.75) is 13.8 Å². The van der Waals surface area contributed by atoms with Gasteiger partial charge >= 0.3 is 5.69 Å². The molecule has 1 heterocycles. The lowest BCUT2D eigenvalue weighted by Gasteiger charge is -2.16. The van der Waals surface area contributed by atoms with Gasteiger partial charge in [0.25, 0.3) is 11.4 Å². The average molecular weight is 319 g/mol. The molecule has 0 aliphatic heterocycles. The number of ether oxygens (including phenoxy) is 1. The van der Waals surface area contributed by atoms with E-state index in [0.717, 1.165) is 0 Å². The van der Waals surface area contributed by atoms with E-state index < -0.39 is 11.7 Å². The van der Waals surface area contributed by atoms with Crippen LogP contribution in [0, 0.1) is 17.0 Å². The Balaban J connectivity index is 2.57. The number of hydrogen-bond acceptors (Lipinski definition) is 5. The van der Waals surface area contributed by atoms with Crippen LogP contribution in [0.5, 0.6) is 0 Å². The van der Waals surface area contributed by atoms with Crippen LogP contribution in [0.25, 0.3) is 11.0 Å². The number of hydrogen-bond donors (Lipinski definition) is 1. The van der Waals surface area contributed by atoms with E-state index in [2.05, 4.69) is 5.32 Å². The molecule has 23 heavy (non-hydrogen) atoms. The molecule has 0 saturated carbocycles. The largest absolute Gasteiger partial charge is 0.805 e. The lowest BCUT2D eigenvalue weighted by Crippen LogP contribution is -2.30.